The lowest BCUT2D eigenvalue weighted by atomic mass is 9.77. The number of hydrogen-bond donors (Lipinski definition) is 1. The zero-order chi connectivity index (χ0) is 18.1. The van der Waals surface area contributed by atoms with Gasteiger partial charge in [-0.05, 0) is 43.7 Å². The van der Waals surface area contributed by atoms with Gasteiger partial charge in [0, 0.05) is 39.1 Å². The van der Waals surface area contributed by atoms with Gasteiger partial charge in [-0.25, -0.2) is 0 Å². The van der Waals surface area contributed by atoms with Crippen molar-refractivity contribution in [2.24, 2.45) is 11.3 Å². The molecule has 0 saturated carbocycles. The van der Waals surface area contributed by atoms with Crippen molar-refractivity contribution in [1.29, 1.82) is 0 Å². The van der Waals surface area contributed by atoms with Crippen molar-refractivity contribution in [3.8, 4) is 0 Å². The van der Waals surface area contributed by atoms with Gasteiger partial charge in [0.15, 0.2) is 0 Å². The van der Waals surface area contributed by atoms with E-state index in [1.807, 2.05) is 9.80 Å². The minimum absolute atomic E-state index is 0.109. The third-order valence-electron chi connectivity index (χ3n) is 6.53. The Morgan fingerprint density at radius 1 is 1.19 bits per heavy atom. The Bertz CT molecular complexity index is 669. The Kier molecular flexibility index (Phi) is 4.74. The molecule has 4 rings (SSSR count). The van der Waals surface area contributed by atoms with Crippen LogP contribution in [-0.2, 0) is 16.1 Å². The smallest absolute Gasteiger partial charge is 0.227 e. The fraction of sp³-hybridized carbons (Fsp3) is 0.619. The molecule has 3 saturated heterocycles. The number of amides is 2. The summed E-state index contributed by atoms with van der Waals surface area (Å²) in [5.41, 5.74) is 2.76. The Morgan fingerprint density at radius 3 is 2.58 bits per heavy atom. The van der Waals surface area contributed by atoms with Crippen LogP contribution in [0.25, 0.3) is 0 Å². The van der Waals surface area contributed by atoms with Gasteiger partial charge in [-0.1, -0.05) is 29.8 Å². The highest BCUT2D eigenvalue weighted by Gasteiger charge is 2.41. The third-order valence-corrected chi connectivity index (χ3v) is 6.53. The third kappa shape index (κ3) is 3.50. The van der Waals surface area contributed by atoms with Gasteiger partial charge in [-0.15, -0.1) is 0 Å². The number of likely N-dealkylation sites (tertiary alicyclic amines) is 2. The van der Waals surface area contributed by atoms with Crippen molar-refractivity contribution in [3.63, 3.8) is 0 Å². The number of piperidine rings is 1. The van der Waals surface area contributed by atoms with Crippen LogP contribution in [0.2, 0.25) is 0 Å². The van der Waals surface area contributed by atoms with Crippen LogP contribution in [0.15, 0.2) is 24.3 Å². The topological polar surface area (TPSA) is 52.7 Å². The number of hydrogen-bond acceptors (Lipinski definition) is 3. The van der Waals surface area contributed by atoms with Crippen LogP contribution in [0, 0.1) is 18.3 Å². The monoisotopic (exact) mass is 355 g/mol. The Hall–Kier alpha value is -1.88. The quantitative estimate of drug-likeness (QED) is 0.902. The standard InChI is InChI=1S/C21H29N3O2/c1-16-2-4-17(5-3-16)13-24-14-18(12-19(24)25)20(26)23-10-7-21(8-11-23)6-9-22-15-21/h2-5,18,22H,6-15H2,1H3. The van der Waals surface area contributed by atoms with Crippen molar-refractivity contribution in [2.45, 2.75) is 39.2 Å². The number of benzene rings is 1. The van der Waals surface area contributed by atoms with E-state index in [1.165, 1.54) is 12.0 Å². The normalized spacial score (nSPS) is 25.3. The second-order valence-corrected chi connectivity index (χ2v) is 8.41. The second-order valence-electron chi connectivity index (χ2n) is 8.41. The molecule has 26 heavy (non-hydrogen) atoms. The molecule has 5 heteroatoms. The molecule has 3 heterocycles. The predicted octanol–water partition coefficient (Wildman–Crippen LogP) is 1.95. The van der Waals surface area contributed by atoms with Gasteiger partial charge < -0.3 is 15.1 Å². The summed E-state index contributed by atoms with van der Waals surface area (Å²) in [4.78, 5) is 29.2. The van der Waals surface area contributed by atoms with Crippen molar-refractivity contribution < 1.29 is 9.59 Å². The molecule has 1 N–H and O–H groups in total. The van der Waals surface area contributed by atoms with E-state index in [1.54, 1.807) is 0 Å². The summed E-state index contributed by atoms with van der Waals surface area (Å²) in [5.74, 6) is 0.131. The van der Waals surface area contributed by atoms with Gasteiger partial charge in [0.1, 0.15) is 0 Å². The zero-order valence-corrected chi connectivity index (χ0v) is 15.7. The summed E-state index contributed by atoms with van der Waals surface area (Å²) in [5, 5.41) is 3.47. The lowest BCUT2D eigenvalue weighted by Gasteiger charge is -2.39. The highest BCUT2D eigenvalue weighted by molar-refractivity contribution is 5.89. The first-order valence-electron chi connectivity index (χ1n) is 9.88. The molecule has 0 aromatic heterocycles. The fourth-order valence-electron chi connectivity index (χ4n) is 4.69. The maximum atomic E-state index is 12.9. The summed E-state index contributed by atoms with van der Waals surface area (Å²) in [6.07, 6.45) is 3.80. The van der Waals surface area contributed by atoms with E-state index < -0.39 is 0 Å². The Morgan fingerprint density at radius 2 is 1.92 bits per heavy atom. The van der Waals surface area contributed by atoms with Gasteiger partial charge in [-0.2, -0.15) is 0 Å². The molecule has 5 nitrogen and oxygen atoms in total. The van der Waals surface area contributed by atoms with E-state index in [2.05, 4.69) is 36.5 Å². The van der Waals surface area contributed by atoms with Crippen molar-refractivity contribution in [1.82, 2.24) is 15.1 Å². The van der Waals surface area contributed by atoms with Crippen LogP contribution in [0.3, 0.4) is 0 Å². The number of aryl methyl sites for hydroxylation is 1. The number of rotatable bonds is 3. The van der Waals surface area contributed by atoms with Crippen LogP contribution in [-0.4, -0.2) is 54.3 Å². The van der Waals surface area contributed by atoms with Gasteiger partial charge in [0.2, 0.25) is 11.8 Å². The van der Waals surface area contributed by atoms with Gasteiger partial charge in [-0.3, -0.25) is 9.59 Å². The Balaban J connectivity index is 1.33. The molecule has 1 unspecified atom stereocenters. The van der Waals surface area contributed by atoms with Crippen molar-refractivity contribution >= 4 is 11.8 Å². The van der Waals surface area contributed by atoms with E-state index in [-0.39, 0.29) is 17.7 Å². The second kappa shape index (κ2) is 7.03. The lowest BCUT2D eigenvalue weighted by Crippen LogP contribution is -2.46. The van der Waals surface area contributed by atoms with E-state index in [0.717, 1.165) is 44.6 Å². The average molecular weight is 355 g/mol. The summed E-state index contributed by atoms with van der Waals surface area (Å²) in [7, 11) is 0. The Labute approximate surface area is 155 Å². The predicted molar refractivity (Wildman–Crippen MR) is 100 cm³/mol. The lowest BCUT2D eigenvalue weighted by molar-refractivity contribution is -0.138. The molecule has 0 bridgehead atoms. The van der Waals surface area contributed by atoms with Crippen LogP contribution in [0.5, 0.6) is 0 Å². The molecular formula is C21H29N3O2. The maximum Gasteiger partial charge on any atom is 0.227 e. The molecule has 1 atom stereocenters. The first kappa shape index (κ1) is 17.5. The minimum Gasteiger partial charge on any atom is -0.342 e. The molecule has 3 aliphatic heterocycles. The van der Waals surface area contributed by atoms with Crippen molar-refractivity contribution in [2.75, 3.05) is 32.7 Å². The minimum atomic E-state index is -0.163. The number of nitrogens with one attached hydrogen (secondary N) is 1. The highest BCUT2D eigenvalue weighted by Crippen LogP contribution is 2.37. The van der Waals surface area contributed by atoms with Crippen LogP contribution in [0.1, 0.15) is 36.8 Å². The van der Waals surface area contributed by atoms with E-state index >= 15 is 0 Å². The molecule has 2 amide bonds. The van der Waals surface area contributed by atoms with Crippen LogP contribution < -0.4 is 5.32 Å². The first-order valence-corrected chi connectivity index (χ1v) is 9.88. The summed E-state index contributed by atoms with van der Waals surface area (Å²) < 4.78 is 0. The molecule has 0 aliphatic carbocycles. The zero-order valence-electron chi connectivity index (χ0n) is 15.7. The summed E-state index contributed by atoms with van der Waals surface area (Å²) in [6.45, 7) is 7.14. The molecule has 1 aromatic carbocycles. The SMILES string of the molecule is Cc1ccc(CN2CC(C(=O)N3CCC4(CCNC4)CC3)CC2=O)cc1. The average Bonchev–Trinajstić information content (AvgIpc) is 3.24. The largest absolute Gasteiger partial charge is 0.342 e. The number of nitrogens with zero attached hydrogens (tertiary/aromatic N) is 2. The molecule has 3 fully saturated rings. The maximum absolute atomic E-state index is 12.9. The molecule has 1 spiro atoms. The van der Waals surface area contributed by atoms with Gasteiger partial charge in [0.25, 0.3) is 0 Å². The summed E-state index contributed by atoms with van der Waals surface area (Å²) >= 11 is 0. The molecule has 1 aromatic rings. The summed E-state index contributed by atoms with van der Waals surface area (Å²) in [6, 6.07) is 8.27. The molecule has 140 valence electrons. The number of carbonyl (C=O) groups excluding carboxylic acids is 2. The molecular weight excluding hydrogens is 326 g/mol. The first-order chi connectivity index (χ1) is 12.5. The van der Waals surface area contributed by atoms with Crippen molar-refractivity contribution in [3.05, 3.63) is 35.4 Å². The fourth-order valence-corrected chi connectivity index (χ4v) is 4.69. The van der Waals surface area contributed by atoms with E-state index in [0.29, 0.717) is 24.9 Å². The van der Waals surface area contributed by atoms with Gasteiger partial charge in [0.05, 0.1) is 5.92 Å². The van der Waals surface area contributed by atoms with Crippen LogP contribution in [0.4, 0.5) is 0 Å². The van der Waals surface area contributed by atoms with Crippen LogP contribution >= 0.6 is 0 Å². The van der Waals surface area contributed by atoms with Gasteiger partial charge >= 0.3 is 0 Å². The van der Waals surface area contributed by atoms with E-state index in [9.17, 15) is 9.59 Å². The molecule has 0 radical (unpaired) electrons. The molecule has 3 aliphatic rings. The van der Waals surface area contributed by atoms with E-state index in [4.69, 9.17) is 0 Å². The number of carbonyl (C=O) groups is 2. The highest BCUT2D eigenvalue weighted by atomic mass is 16.2.